The van der Waals surface area contributed by atoms with Crippen molar-refractivity contribution in [2.24, 2.45) is 5.92 Å². The molecule has 0 spiro atoms. The van der Waals surface area contributed by atoms with E-state index in [-0.39, 0.29) is 0 Å². The van der Waals surface area contributed by atoms with E-state index in [1.807, 2.05) is 27.7 Å². The molecule has 0 aromatic rings. The van der Waals surface area contributed by atoms with Gasteiger partial charge in [-0.3, -0.25) is 0 Å². The molecule has 0 saturated carbocycles. The Morgan fingerprint density at radius 2 is 1.65 bits per heavy atom. The minimum atomic E-state index is 0.350. The van der Waals surface area contributed by atoms with E-state index in [1.165, 1.54) is 25.9 Å². The van der Waals surface area contributed by atoms with E-state index in [0.717, 1.165) is 25.5 Å². The van der Waals surface area contributed by atoms with Crippen molar-refractivity contribution >= 4 is 0 Å². The summed E-state index contributed by atoms with van der Waals surface area (Å²) in [6.07, 6.45) is 3.46. The molecule has 0 amide bonds. The van der Waals surface area contributed by atoms with Crippen LogP contribution in [-0.2, 0) is 4.74 Å². The maximum atomic E-state index is 8.79. The SMILES string of the molecule is CC.CC.COCCN1CCC(CCO)CC1. The molecule has 0 aliphatic carbocycles. The Bertz CT molecular complexity index is 123. The number of likely N-dealkylation sites (tertiary alicyclic amines) is 1. The molecular weight excluding hydrogens is 214 g/mol. The molecule has 106 valence electrons. The second-order valence-corrected chi connectivity index (χ2v) is 3.79. The predicted octanol–water partition coefficient (Wildman–Crippen LogP) is 2.78. The second kappa shape index (κ2) is 15.9. The van der Waals surface area contributed by atoms with Gasteiger partial charge in [0.25, 0.3) is 0 Å². The first-order chi connectivity index (χ1) is 8.36. The molecule has 0 aromatic carbocycles. The van der Waals surface area contributed by atoms with Gasteiger partial charge in [-0.2, -0.15) is 0 Å². The summed E-state index contributed by atoms with van der Waals surface area (Å²) in [5.74, 6) is 0.754. The first-order valence-corrected chi connectivity index (χ1v) is 7.19. The van der Waals surface area contributed by atoms with Gasteiger partial charge in [0.05, 0.1) is 6.61 Å². The maximum Gasteiger partial charge on any atom is 0.0589 e. The normalized spacial score (nSPS) is 16.6. The molecule has 1 N–H and O–H groups in total. The molecule has 17 heavy (non-hydrogen) atoms. The van der Waals surface area contributed by atoms with Gasteiger partial charge in [-0.1, -0.05) is 27.7 Å². The van der Waals surface area contributed by atoms with Gasteiger partial charge in [0.2, 0.25) is 0 Å². The van der Waals surface area contributed by atoms with Crippen LogP contribution < -0.4 is 0 Å². The standard InChI is InChI=1S/C10H21NO2.2C2H6/c1-13-9-7-11-5-2-10(3-6-11)4-8-12;2*1-2/h10,12H,2-9H2,1H3;2*1-2H3. The number of aliphatic hydroxyl groups excluding tert-OH is 1. The number of methoxy groups -OCH3 is 1. The zero-order valence-corrected chi connectivity index (χ0v) is 12.5. The Kier molecular flexibility index (Phi) is 18.0. The largest absolute Gasteiger partial charge is 0.396 e. The molecule has 0 radical (unpaired) electrons. The molecule has 0 bridgehead atoms. The fourth-order valence-corrected chi connectivity index (χ4v) is 1.90. The third kappa shape index (κ3) is 10.7. The molecule has 1 fully saturated rings. The summed E-state index contributed by atoms with van der Waals surface area (Å²) in [6.45, 7) is 12.6. The Morgan fingerprint density at radius 1 is 1.12 bits per heavy atom. The molecule has 0 atom stereocenters. The molecule has 1 aliphatic rings. The number of aliphatic hydroxyl groups is 1. The summed E-state index contributed by atoms with van der Waals surface area (Å²) in [5, 5.41) is 8.79. The van der Waals surface area contributed by atoms with Gasteiger partial charge < -0.3 is 14.7 Å². The molecule has 1 heterocycles. The zero-order chi connectivity index (χ0) is 13.5. The smallest absolute Gasteiger partial charge is 0.0589 e. The molecule has 0 unspecified atom stereocenters. The number of hydrogen-bond donors (Lipinski definition) is 1. The Hall–Kier alpha value is -0.120. The lowest BCUT2D eigenvalue weighted by Crippen LogP contribution is -2.36. The molecule has 0 aromatic heterocycles. The number of ether oxygens (including phenoxy) is 1. The van der Waals surface area contributed by atoms with E-state index < -0.39 is 0 Å². The van der Waals surface area contributed by atoms with Gasteiger partial charge in [-0.05, 0) is 38.3 Å². The number of rotatable bonds is 5. The van der Waals surface area contributed by atoms with Gasteiger partial charge in [0.15, 0.2) is 0 Å². The topological polar surface area (TPSA) is 32.7 Å². The quantitative estimate of drug-likeness (QED) is 0.811. The highest BCUT2D eigenvalue weighted by Crippen LogP contribution is 2.19. The third-order valence-electron chi connectivity index (χ3n) is 2.86. The van der Waals surface area contributed by atoms with Crippen LogP contribution >= 0.6 is 0 Å². The van der Waals surface area contributed by atoms with Crippen LogP contribution in [0.3, 0.4) is 0 Å². The van der Waals surface area contributed by atoms with E-state index in [1.54, 1.807) is 7.11 Å². The van der Waals surface area contributed by atoms with Crippen LogP contribution in [0.25, 0.3) is 0 Å². The molecule has 1 aliphatic heterocycles. The highest BCUT2D eigenvalue weighted by Gasteiger charge is 2.17. The van der Waals surface area contributed by atoms with E-state index in [0.29, 0.717) is 6.61 Å². The van der Waals surface area contributed by atoms with Crippen LogP contribution in [0.2, 0.25) is 0 Å². The van der Waals surface area contributed by atoms with Crippen molar-refractivity contribution in [1.29, 1.82) is 0 Å². The van der Waals surface area contributed by atoms with Gasteiger partial charge >= 0.3 is 0 Å². The van der Waals surface area contributed by atoms with Crippen LogP contribution in [0.15, 0.2) is 0 Å². The predicted molar refractivity (Wildman–Crippen MR) is 75.4 cm³/mol. The van der Waals surface area contributed by atoms with Crippen molar-refractivity contribution in [3.05, 3.63) is 0 Å². The van der Waals surface area contributed by atoms with Crippen LogP contribution in [0.5, 0.6) is 0 Å². The van der Waals surface area contributed by atoms with Crippen molar-refractivity contribution in [2.75, 3.05) is 40.0 Å². The van der Waals surface area contributed by atoms with Crippen molar-refractivity contribution in [2.45, 2.75) is 47.0 Å². The summed E-state index contributed by atoms with van der Waals surface area (Å²) >= 11 is 0. The lowest BCUT2D eigenvalue weighted by atomic mass is 9.94. The summed E-state index contributed by atoms with van der Waals surface area (Å²) in [7, 11) is 1.75. The van der Waals surface area contributed by atoms with Gasteiger partial charge in [0, 0.05) is 20.3 Å². The Labute approximate surface area is 108 Å². The van der Waals surface area contributed by atoms with E-state index in [2.05, 4.69) is 4.90 Å². The zero-order valence-electron chi connectivity index (χ0n) is 12.5. The van der Waals surface area contributed by atoms with Crippen LogP contribution in [-0.4, -0.2) is 50.0 Å². The lowest BCUT2D eigenvalue weighted by molar-refractivity contribution is 0.112. The average Bonchev–Trinajstić information content (AvgIpc) is 2.43. The molecule has 3 nitrogen and oxygen atoms in total. The number of piperidine rings is 1. The van der Waals surface area contributed by atoms with Gasteiger partial charge in [-0.25, -0.2) is 0 Å². The van der Waals surface area contributed by atoms with Crippen LogP contribution in [0, 0.1) is 5.92 Å². The highest BCUT2D eigenvalue weighted by molar-refractivity contribution is 4.71. The molecular formula is C14H33NO2. The summed E-state index contributed by atoms with van der Waals surface area (Å²) in [4.78, 5) is 2.44. The minimum Gasteiger partial charge on any atom is -0.396 e. The summed E-state index contributed by atoms with van der Waals surface area (Å²) in [6, 6.07) is 0. The fraction of sp³-hybridized carbons (Fsp3) is 1.00. The van der Waals surface area contributed by atoms with Crippen molar-refractivity contribution < 1.29 is 9.84 Å². The molecule has 1 saturated heterocycles. The monoisotopic (exact) mass is 247 g/mol. The lowest BCUT2D eigenvalue weighted by Gasteiger charge is -2.31. The fourth-order valence-electron chi connectivity index (χ4n) is 1.90. The van der Waals surface area contributed by atoms with E-state index in [9.17, 15) is 0 Å². The molecule has 1 rings (SSSR count). The highest BCUT2D eigenvalue weighted by atomic mass is 16.5. The van der Waals surface area contributed by atoms with Crippen molar-refractivity contribution in [1.82, 2.24) is 4.90 Å². The first-order valence-electron chi connectivity index (χ1n) is 7.19. The van der Waals surface area contributed by atoms with Gasteiger partial charge in [-0.15, -0.1) is 0 Å². The maximum absolute atomic E-state index is 8.79. The van der Waals surface area contributed by atoms with Crippen molar-refractivity contribution in [3.8, 4) is 0 Å². The average molecular weight is 247 g/mol. The Balaban J connectivity index is 0. The van der Waals surface area contributed by atoms with Crippen LogP contribution in [0.4, 0.5) is 0 Å². The van der Waals surface area contributed by atoms with E-state index >= 15 is 0 Å². The van der Waals surface area contributed by atoms with Crippen LogP contribution in [0.1, 0.15) is 47.0 Å². The second-order valence-electron chi connectivity index (χ2n) is 3.79. The summed E-state index contributed by atoms with van der Waals surface area (Å²) < 4.78 is 5.04. The number of hydrogen-bond acceptors (Lipinski definition) is 3. The summed E-state index contributed by atoms with van der Waals surface area (Å²) in [5.41, 5.74) is 0. The minimum absolute atomic E-state index is 0.350. The van der Waals surface area contributed by atoms with Gasteiger partial charge in [0.1, 0.15) is 0 Å². The van der Waals surface area contributed by atoms with E-state index in [4.69, 9.17) is 9.84 Å². The molecule has 3 heteroatoms. The third-order valence-corrected chi connectivity index (χ3v) is 2.86. The first kappa shape index (κ1) is 19.2. The van der Waals surface area contributed by atoms with Crippen molar-refractivity contribution in [3.63, 3.8) is 0 Å². The number of nitrogens with zero attached hydrogens (tertiary/aromatic N) is 1. The Morgan fingerprint density at radius 3 is 2.06 bits per heavy atom.